The van der Waals surface area contributed by atoms with Crippen molar-refractivity contribution in [1.82, 2.24) is 9.38 Å². The van der Waals surface area contributed by atoms with Crippen LogP contribution >= 0.6 is 0 Å². The zero-order valence-electron chi connectivity index (χ0n) is 9.60. The number of aromatic nitrogens is 2. The lowest BCUT2D eigenvalue weighted by molar-refractivity contribution is 0.0591. The maximum atomic E-state index is 11.6. The molecular weight excluding hydrogens is 224 g/mol. The second-order valence-corrected chi connectivity index (χ2v) is 3.57. The maximum absolute atomic E-state index is 11.6. The van der Waals surface area contributed by atoms with Crippen molar-refractivity contribution in [3.63, 3.8) is 0 Å². The van der Waals surface area contributed by atoms with Crippen LogP contribution in [-0.4, -0.2) is 22.5 Å². The van der Waals surface area contributed by atoms with Gasteiger partial charge in [-0.1, -0.05) is 13.3 Å². The molecule has 0 aliphatic carbocycles. The number of aryl methyl sites for hydroxylation is 1. The molecule has 0 bridgehead atoms. The fourth-order valence-electron chi connectivity index (χ4n) is 1.67. The number of fused-ring (bicyclic) bond motifs is 1. The van der Waals surface area contributed by atoms with Gasteiger partial charge in [0.1, 0.15) is 12.0 Å². The van der Waals surface area contributed by atoms with Gasteiger partial charge < -0.3 is 9.15 Å². The summed E-state index contributed by atoms with van der Waals surface area (Å²) in [6, 6.07) is 1.15. The molecule has 17 heavy (non-hydrogen) atoms. The molecule has 0 aliphatic rings. The number of hydrogen-bond acceptors (Lipinski definition) is 5. The molecule has 2 aromatic rings. The number of carbonyl (C=O) groups excluding carboxylic acids is 1. The first kappa shape index (κ1) is 11.4. The lowest BCUT2D eigenvalue weighted by atomic mass is 10.2. The number of hydrogen-bond donors (Lipinski definition) is 0. The number of ether oxygens (including phenoxy) is 1. The highest BCUT2D eigenvalue weighted by molar-refractivity contribution is 5.88. The van der Waals surface area contributed by atoms with Crippen LogP contribution in [-0.2, 0) is 11.2 Å². The third-order valence-electron chi connectivity index (χ3n) is 2.39. The highest BCUT2D eigenvalue weighted by atomic mass is 16.5. The molecule has 0 N–H and O–H groups in total. The Hall–Kier alpha value is -2.11. The molecule has 2 rings (SSSR count). The van der Waals surface area contributed by atoms with Crippen molar-refractivity contribution in [1.29, 1.82) is 0 Å². The summed E-state index contributed by atoms with van der Waals surface area (Å²) in [6.07, 6.45) is 3.11. The molecule has 0 aliphatic heterocycles. The number of nitrogens with zero attached hydrogens (tertiary/aromatic N) is 2. The van der Waals surface area contributed by atoms with Crippen LogP contribution in [0.4, 0.5) is 0 Å². The normalized spacial score (nSPS) is 10.7. The van der Waals surface area contributed by atoms with Crippen molar-refractivity contribution in [2.24, 2.45) is 0 Å². The van der Waals surface area contributed by atoms with Gasteiger partial charge in [0, 0.05) is 6.07 Å². The molecule has 0 fully saturated rings. The minimum absolute atomic E-state index is 0.112. The first-order valence-electron chi connectivity index (χ1n) is 5.26. The number of carbonyl (C=O) groups is 1. The van der Waals surface area contributed by atoms with E-state index in [-0.39, 0.29) is 11.5 Å². The average Bonchev–Trinajstić information content (AvgIpc) is 2.71. The number of oxazole rings is 1. The molecule has 0 spiro atoms. The van der Waals surface area contributed by atoms with Gasteiger partial charge in [0.15, 0.2) is 0 Å². The van der Waals surface area contributed by atoms with Crippen LogP contribution in [0.5, 0.6) is 0 Å². The van der Waals surface area contributed by atoms with Crippen molar-refractivity contribution >= 4 is 11.8 Å². The van der Waals surface area contributed by atoms with E-state index in [0.29, 0.717) is 0 Å². The molecule has 0 atom stereocenters. The minimum Gasteiger partial charge on any atom is -0.464 e. The standard InChI is InChI=1S/C11H12N2O4/c1-3-4-7-6-17-11-12-9(14)5-8(13(7)11)10(15)16-2/h5-6H,3-4H2,1-2H3. The van der Waals surface area contributed by atoms with E-state index < -0.39 is 11.5 Å². The van der Waals surface area contributed by atoms with Gasteiger partial charge in [-0.3, -0.25) is 9.20 Å². The predicted octanol–water partition coefficient (Wildman–Crippen LogP) is 1.03. The smallest absolute Gasteiger partial charge is 0.355 e. The van der Waals surface area contributed by atoms with Crippen molar-refractivity contribution in [2.75, 3.05) is 7.11 Å². The van der Waals surface area contributed by atoms with Crippen LogP contribution in [0, 0.1) is 0 Å². The molecule has 2 heterocycles. The zero-order chi connectivity index (χ0) is 12.4. The van der Waals surface area contributed by atoms with Crippen LogP contribution in [0.3, 0.4) is 0 Å². The van der Waals surface area contributed by atoms with Crippen LogP contribution in [0.15, 0.2) is 21.5 Å². The molecule has 0 radical (unpaired) electrons. The molecule has 0 unspecified atom stereocenters. The molecule has 90 valence electrons. The Kier molecular flexibility index (Phi) is 2.95. The fourth-order valence-corrected chi connectivity index (χ4v) is 1.67. The second kappa shape index (κ2) is 4.40. The Bertz CT molecular complexity index is 611. The largest absolute Gasteiger partial charge is 0.464 e. The Morgan fingerprint density at radius 3 is 3.00 bits per heavy atom. The summed E-state index contributed by atoms with van der Waals surface area (Å²) in [6.45, 7) is 2.01. The van der Waals surface area contributed by atoms with Gasteiger partial charge in [0.05, 0.1) is 12.8 Å². The van der Waals surface area contributed by atoms with E-state index >= 15 is 0 Å². The van der Waals surface area contributed by atoms with Gasteiger partial charge in [0.25, 0.3) is 5.56 Å². The van der Waals surface area contributed by atoms with E-state index in [4.69, 9.17) is 4.42 Å². The summed E-state index contributed by atoms with van der Waals surface area (Å²) < 4.78 is 11.3. The Morgan fingerprint density at radius 2 is 2.35 bits per heavy atom. The molecular formula is C11H12N2O4. The lowest BCUT2D eigenvalue weighted by Gasteiger charge is -2.04. The van der Waals surface area contributed by atoms with Gasteiger partial charge in [-0.2, -0.15) is 4.98 Å². The first-order valence-corrected chi connectivity index (χ1v) is 5.26. The lowest BCUT2D eigenvalue weighted by Crippen LogP contribution is -2.17. The summed E-state index contributed by atoms with van der Waals surface area (Å²) in [5, 5.41) is 0. The molecule has 0 saturated carbocycles. The summed E-state index contributed by atoms with van der Waals surface area (Å²) in [5.74, 6) is -0.473. The van der Waals surface area contributed by atoms with Crippen LogP contribution in [0.25, 0.3) is 5.84 Å². The summed E-state index contributed by atoms with van der Waals surface area (Å²) in [7, 11) is 1.26. The van der Waals surface area contributed by atoms with E-state index in [1.165, 1.54) is 17.8 Å². The molecule has 0 saturated heterocycles. The van der Waals surface area contributed by atoms with Gasteiger partial charge in [-0.05, 0) is 6.42 Å². The van der Waals surface area contributed by atoms with E-state index in [1.807, 2.05) is 6.92 Å². The topological polar surface area (TPSA) is 73.8 Å². The zero-order valence-corrected chi connectivity index (χ0v) is 9.60. The molecule has 2 aromatic heterocycles. The molecule has 6 nitrogen and oxygen atoms in total. The highest BCUT2D eigenvalue weighted by Gasteiger charge is 2.16. The van der Waals surface area contributed by atoms with Crippen LogP contribution in [0.1, 0.15) is 29.5 Å². The van der Waals surface area contributed by atoms with E-state index in [1.54, 1.807) is 0 Å². The summed E-state index contributed by atoms with van der Waals surface area (Å²) in [5.41, 5.74) is 0.401. The Balaban J connectivity index is 2.74. The van der Waals surface area contributed by atoms with Crippen LogP contribution < -0.4 is 5.56 Å². The first-order chi connectivity index (χ1) is 8.17. The van der Waals surface area contributed by atoms with Gasteiger partial charge in [-0.15, -0.1) is 0 Å². The van der Waals surface area contributed by atoms with Crippen molar-refractivity contribution < 1.29 is 13.9 Å². The third kappa shape index (κ3) is 1.93. The molecule has 0 aromatic carbocycles. The summed E-state index contributed by atoms with van der Waals surface area (Å²) >= 11 is 0. The van der Waals surface area contributed by atoms with Gasteiger partial charge in [0.2, 0.25) is 0 Å². The Morgan fingerprint density at radius 1 is 1.59 bits per heavy atom. The average molecular weight is 236 g/mol. The van der Waals surface area contributed by atoms with Gasteiger partial charge in [-0.25, -0.2) is 4.79 Å². The van der Waals surface area contributed by atoms with Crippen molar-refractivity contribution in [3.8, 4) is 0 Å². The van der Waals surface area contributed by atoms with E-state index in [2.05, 4.69) is 9.72 Å². The number of rotatable bonds is 3. The quantitative estimate of drug-likeness (QED) is 0.744. The predicted molar refractivity (Wildman–Crippen MR) is 59.1 cm³/mol. The monoisotopic (exact) mass is 236 g/mol. The third-order valence-corrected chi connectivity index (χ3v) is 2.39. The Labute approximate surface area is 96.8 Å². The summed E-state index contributed by atoms with van der Waals surface area (Å²) in [4.78, 5) is 26.6. The second-order valence-electron chi connectivity index (χ2n) is 3.57. The van der Waals surface area contributed by atoms with E-state index in [9.17, 15) is 9.59 Å². The van der Waals surface area contributed by atoms with Crippen molar-refractivity contribution in [3.05, 3.63) is 34.1 Å². The minimum atomic E-state index is -0.585. The SMILES string of the molecule is CCCc1coc2nc(=O)cc(C(=O)OC)n12. The fraction of sp³-hybridized carbons (Fsp3) is 0.364. The van der Waals surface area contributed by atoms with Crippen molar-refractivity contribution in [2.45, 2.75) is 19.8 Å². The number of methoxy groups -OCH3 is 1. The maximum Gasteiger partial charge on any atom is 0.355 e. The number of esters is 1. The highest BCUT2D eigenvalue weighted by Crippen LogP contribution is 2.12. The molecule has 6 heteroatoms. The molecule has 0 amide bonds. The van der Waals surface area contributed by atoms with E-state index in [0.717, 1.165) is 24.6 Å². The van der Waals surface area contributed by atoms with Crippen LogP contribution in [0.2, 0.25) is 0 Å². The van der Waals surface area contributed by atoms with Gasteiger partial charge >= 0.3 is 11.8 Å².